The molecule has 6 nitrogen and oxygen atoms in total. The first-order valence-electron chi connectivity index (χ1n) is 9.16. The number of rotatable bonds is 8. The number of nitrogens with one attached hydrogen (secondary N) is 2. The van der Waals surface area contributed by atoms with Crippen molar-refractivity contribution < 1.29 is 71.7 Å². The van der Waals surface area contributed by atoms with Gasteiger partial charge in [-0.2, -0.15) is 39.5 Å². The number of amides is 3. The summed E-state index contributed by atoms with van der Waals surface area (Å²) in [4.78, 5) is 23.6. The molecular formula is C19H10F12N2O4. The van der Waals surface area contributed by atoms with Gasteiger partial charge in [-0.1, -0.05) is 6.07 Å². The molecule has 0 aliphatic carbocycles. The molecule has 0 heterocycles. The number of carbonyl (C=O) groups is 2. The summed E-state index contributed by atoms with van der Waals surface area (Å²) in [6, 6.07) is 3.47. The summed E-state index contributed by atoms with van der Waals surface area (Å²) in [5, 5.41) is 3.45. The zero-order valence-electron chi connectivity index (χ0n) is 17.3. The van der Waals surface area contributed by atoms with Crippen molar-refractivity contribution in [1.82, 2.24) is 5.32 Å². The third-order valence-corrected chi connectivity index (χ3v) is 4.02. The Balaban J connectivity index is 2.02. The molecule has 0 bridgehead atoms. The van der Waals surface area contributed by atoms with Gasteiger partial charge in [0, 0.05) is 5.69 Å². The summed E-state index contributed by atoms with van der Waals surface area (Å²) < 4.78 is 161. The largest absolute Gasteiger partial charge is 0.462 e. The van der Waals surface area contributed by atoms with E-state index in [4.69, 9.17) is 0 Å². The lowest BCUT2D eigenvalue weighted by Crippen LogP contribution is -2.56. The molecule has 0 saturated heterocycles. The van der Waals surface area contributed by atoms with Crippen LogP contribution in [0.15, 0.2) is 42.5 Å². The first-order valence-corrected chi connectivity index (χ1v) is 9.16. The molecule has 0 aliphatic heterocycles. The molecule has 3 amide bonds. The maximum Gasteiger partial charge on any atom is 0.462 e. The van der Waals surface area contributed by atoms with Crippen molar-refractivity contribution in [2.75, 3.05) is 5.32 Å². The third kappa shape index (κ3) is 6.75. The van der Waals surface area contributed by atoms with Gasteiger partial charge < -0.3 is 10.1 Å². The van der Waals surface area contributed by atoms with Crippen LogP contribution in [0.1, 0.15) is 10.4 Å². The van der Waals surface area contributed by atoms with E-state index in [1.165, 1.54) is 5.32 Å². The zero-order chi connectivity index (χ0) is 28.4. The van der Waals surface area contributed by atoms with Crippen LogP contribution in [0, 0.1) is 11.6 Å². The number of hydrogen-bond acceptors (Lipinski definition) is 4. The van der Waals surface area contributed by atoms with Crippen molar-refractivity contribution >= 4 is 17.6 Å². The highest BCUT2D eigenvalue weighted by molar-refractivity contribution is 6.08. The minimum atomic E-state index is -7.03. The fraction of sp³-hybridized carbons (Fsp3) is 0.263. The first-order chi connectivity index (χ1) is 16.8. The molecule has 0 spiro atoms. The second-order valence-electron chi connectivity index (χ2n) is 6.72. The molecule has 2 aromatic rings. The van der Waals surface area contributed by atoms with Crippen LogP contribution >= 0.6 is 0 Å². The van der Waals surface area contributed by atoms with Crippen molar-refractivity contribution in [2.45, 2.75) is 30.7 Å². The van der Waals surface area contributed by atoms with E-state index in [0.29, 0.717) is 12.1 Å². The van der Waals surface area contributed by atoms with Crippen LogP contribution in [0.3, 0.4) is 0 Å². The fourth-order valence-corrected chi connectivity index (χ4v) is 2.29. The van der Waals surface area contributed by atoms with Gasteiger partial charge in [-0.05, 0) is 36.4 Å². The number of ether oxygens (including phenoxy) is 2. The highest BCUT2D eigenvalue weighted by Gasteiger charge is 2.76. The molecule has 0 aromatic heterocycles. The van der Waals surface area contributed by atoms with Gasteiger partial charge in [0.1, 0.15) is 22.9 Å². The molecule has 37 heavy (non-hydrogen) atoms. The fourth-order valence-electron chi connectivity index (χ4n) is 2.29. The number of alkyl halides is 10. The zero-order valence-corrected chi connectivity index (χ0v) is 17.3. The smallest absolute Gasteiger partial charge is 0.429 e. The standard InChI is InChI=1S/C19H10F12N2O4/c20-10-2-1-3-11(21)12(10)13(34)33-15(35)32-8-4-6-9(7-5-8)36-16(23,24)14(22)37-19(30,31)17(25,26)18(27,28)29/h1-7,14H,(H2,32,33,34,35). The molecule has 1 unspecified atom stereocenters. The van der Waals surface area contributed by atoms with Crippen LogP contribution < -0.4 is 15.4 Å². The van der Waals surface area contributed by atoms with Crippen LogP contribution in [0.25, 0.3) is 0 Å². The Morgan fingerprint density at radius 1 is 0.811 bits per heavy atom. The molecule has 18 heteroatoms. The summed E-state index contributed by atoms with van der Waals surface area (Å²) in [6.45, 7) is 0. The summed E-state index contributed by atoms with van der Waals surface area (Å²) >= 11 is 0. The van der Waals surface area contributed by atoms with Gasteiger partial charge in [-0.3, -0.25) is 14.8 Å². The van der Waals surface area contributed by atoms with Crippen LogP contribution in [-0.4, -0.2) is 42.6 Å². The molecule has 2 N–H and O–H groups in total. The van der Waals surface area contributed by atoms with Gasteiger partial charge in [0.05, 0.1) is 0 Å². The lowest BCUT2D eigenvalue weighted by molar-refractivity contribution is -0.460. The number of benzene rings is 2. The van der Waals surface area contributed by atoms with Crippen LogP contribution in [0.2, 0.25) is 0 Å². The molecule has 0 fully saturated rings. The molecule has 204 valence electrons. The van der Waals surface area contributed by atoms with E-state index >= 15 is 0 Å². The van der Waals surface area contributed by atoms with Gasteiger partial charge in [0.2, 0.25) is 0 Å². The minimum Gasteiger partial charge on any atom is -0.429 e. The lowest BCUT2D eigenvalue weighted by Gasteiger charge is -2.30. The van der Waals surface area contributed by atoms with E-state index in [1.54, 1.807) is 0 Å². The second kappa shape index (κ2) is 10.3. The summed E-state index contributed by atoms with van der Waals surface area (Å²) in [5.74, 6) is -12.2. The van der Waals surface area contributed by atoms with Crippen LogP contribution in [0.5, 0.6) is 5.75 Å². The highest BCUT2D eigenvalue weighted by Crippen LogP contribution is 2.48. The number of urea groups is 1. The Bertz CT molecular complexity index is 1120. The monoisotopic (exact) mass is 558 g/mol. The van der Waals surface area contributed by atoms with Crippen LogP contribution in [0.4, 0.5) is 63.2 Å². The Kier molecular flexibility index (Phi) is 8.26. The summed E-state index contributed by atoms with van der Waals surface area (Å²) in [7, 11) is 0. The number of hydrogen-bond donors (Lipinski definition) is 2. The van der Waals surface area contributed by atoms with Gasteiger partial charge in [-0.15, -0.1) is 0 Å². The summed E-state index contributed by atoms with van der Waals surface area (Å²) in [6.07, 6.45) is -24.1. The van der Waals surface area contributed by atoms with Gasteiger partial charge >= 0.3 is 36.7 Å². The topological polar surface area (TPSA) is 76.7 Å². The Labute approximate surface area is 197 Å². The number of halogens is 12. The lowest BCUT2D eigenvalue weighted by atomic mass is 10.2. The Hall–Kier alpha value is -3.70. The van der Waals surface area contributed by atoms with E-state index in [0.717, 1.165) is 30.3 Å². The van der Waals surface area contributed by atoms with Crippen molar-refractivity contribution in [3.63, 3.8) is 0 Å². The summed E-state index contributed by atoms with van der Waals surface area (Å²) in [5.41, 5.74) is -1.43. The van der Waals surface area contributed by atoms with E-state index in [1.807, 2.05) is 5.32 Å². The average Bonchev–Trinajstić information content (AvgIpc) is 2.73. The van der Waals surface area contributed by atoms with Crippen molar-refractivity contribution in [3.8, 4) is 5.75 Å². The number of anilines is 1. The second-order valence-corrected chi connectivity index (χ2v) is 6.72. The molecule has 0 saturated carbocycles. The number of carbonyl (C=O) groups excluding carboxylic acids is 2. The van der Waals surface area contributed by atoms with Gasteiger partial charge in [0.25, 0.3) is 5.91 Å². The minimum absolute atomic E-state index is 0.320. The highest BCUT2D eigenvalue weighted by atomic mass is 19.4. The quantitative estimate of drug-likeness (QED) is 0.390. The Morgan fingerprint density at radius 2 is 1.32 bits per heavy atom. The van der Waals surface area contributed by atoms with Gasteiger partial charge in [0.15, 0.2) is 0 Å². The van der Waals surface area contributed by atoms with Crippen molar-refractivity contribution in [3.05, 3.63) is 59.7 Å². The predicted octanol–water partition coefficient (Wildman–Crippen LogP) is 6.00. The van der Waals surface area contributed by atoms with E-state index in [9.17, 15) is 62.3 Å². The van der Waals surface area contributed by atoms with Crippen molar-refractivity contribution in [2.24, 2.45) is 0 Å². The van der Waals surface area contributed by atoms with E-state index in [2.05, 4.69) is 9.47 Å². The molecular weight excluding hydrogens is 548 g/mol. The maximum atomic E-state index is 13.6. The molecule has 1 atom stereocenters. The van der Waals surface area contributed by atoms with Crippen LogP contribution in [-0.2, 0) is 4.74 Å². The molecule has 2 aromatic carbocycles. The third-order valence-electron chi connectivity index (χ3n) is 4.02. The molecule has 0 radical (unpaired) electrons. The molecule has 2 rings (SSSR count). The normalized spacial score (nSPS) is 13.6. The maximum absolute atomic E-state index is 13.6. The van der Waals surface area contributed by atoms with Crippen molar-refractivity contribution in [1.29, 1.82) is 0 Å². The van der Waals surface area contributed by atoms with E-state index in [-0.39, 0.29) is 5.69 Å². The Morgan fingerprint density at radius 3 is 1.81 bits per heavy atom. The first kappa shape index (κ1) is 29.5. The van der Waals surface area contributed by atoms with Gasteiger partial charge in [-0.25, -0.2) is 18.0 Å². The SMILES string of the molecule is O=C(NC(=O)c1c(F)cccc1F)Nc1ccc(OC(F)(F)C(F)OC(F)(F)C(F)(F)C(F)(F)F)cc1. The average molecular weight is 558 g/mol. The molecule has 0 aliphatic rings. The number of imide groups is 1. The predicted molar refractivity (Wildman–Crippen MR) is 96.8 cm³/mol. The van der Waals surface area contributed by atoms with E-state index < -0.39 is 65.6 Å².